The second-order valence-corrected chi connectivity index (χ2v) is 5.74. The minimum atomic E-state index is -0.847. The zero-order valence-corrected chi connectivity index (χ0v) is 11.7. The van der Waals surface area contributed by atoms with Gasteiger partial charge in [0.1, 0.15) is 0 Å². The largest absolute Gasteiger partial charge is 0.481 e. The number of nitrogens with zero attached hydrogens (tertiary/aromatic N) is 2. The minimum Gasteiger partial charge on any atom is -0.481 e. The van der Waals surface area contributed by atoms with E-state index in [0.717, 1.165) is 10.8 Å². The monoisotopic (exact) mass is 284 g/mol. The highest BCUT2D eigenvalue weighted by Gasteiger charge is 2.42. The number of carbonyl (C=O) groups is 2. The maximum Gasteiger partial charge on any atom is 0.311 e. The molecular formula is C16H16N2O3. The highest BCUT2D eigenvalue weighted by molar-refractivity contribution is 6.07. The molecule has 0 radical (unpaired) electrons. The molecule has 0 aliphatic carbocycles. The number of aliphatic carboxylic acids is 1. The first-order valence-electron chi connectivity index (χ1n) is 6.87. The van der Waals surface area contributed by atoms with Crippen LogP contribution in [0.5, 0.6) is 0 Å². The van der Waals surface area contributed by atoms with Crippen LogP contribution >= 0.6 is 0 Å². The molecule has 1 amide bonds. The number of carboxylic acid groups (broad SMARTS) is 1. The van der Waals surface area contributed by atoms with Gasteiger partial charge in [-0.05, 0) is 30.9 Å². The molecule has 3 rings (SSSR count). The van der Waals surface area contributed by atoms with Gasteiger partial charge in [0.15, 0.2) is 0 Å². The summed E-state index contributed by atoms with van der Waals surface area (Å²) in [6.45, 7) is 2.42. The third kappa shape index (κ3) is 2.24. The van der Waals surface area contributed by atoms with E-state index in [1.165, 1.54) is 0 Å². The normalized spacial score (nSPS) is 21.7. The Labute approximate surface area is 122 Å². The van der Waals surface area contributed by atoms with Crippen molar-refractivity contribution in [2.45, 2.75) is 13.3 Å². The van der Waals surface area contributed by atoms with Crippen LogP contribution in [0.1, 0.15) is 23.7 Å². The number of aromatic nitrogens is 1. The van der Waals surface area contributed by atoms with Crippen LogP contribution in [-0.2, 0) is 4.79 Å². The van der Waals surface area contributed by atoms with Crippen molar-refractivity contribution in [1.29, 1.82) is 0 Å². The standard InChI is InChI=1S/C16H16N2O3/c1-16(15(20)21)6-8-18(10-16)14(19)13-4-2-3-11-9-17-7-5-12(11)13/h2-5,7,9H,6,8,10H2,1H3,(H,20,21). The topological polar surface area (TPSA) is 70.5 Å². The van der Waals surface area contributed by atoms with Crippen LogP contribution in [0.3, 0.4) is 0 Å². The molecule has 1 atom stereocenters. The fourth-order valence-electron chi connectivity index (χ4n) is 2.79. The van der Waals surface area contributed by atoms with E-state index < -0.39 is 11.4 Å². The summed E-state index contributed by atoms with van der Waals surface area (Å²) in [5.74, 6) is -0.961. The first-order chi connectivity index (χ1) is 10.0. The second-order valence-electron chi connectivity index (χ2n) is 5.74. The first-order valence-corrected chi connectivity index (χ1v) is 6.87. The molecule has 1 aliphatic rings. The van der Waals surface area contributed by atoms with E-state index in [1.807, 2.05) is 18.2 Å². The van der Waals surface area contributed by atoms with Crippen molar-refractivity contribution < 1.29 is 14.7 Å². The predicted molar refractivity (Wildman–Crippen MR) is 78.0 cm³/mol. The Morgan fingerprint density at radius 2 is 2.14 bits per heavy atom. The number of benzene rings is 1. The van der Waals surface area contributed by atoms with Gasteiger partial charge in [0.2, 0.25) is 0 Å². The van der Waals surface area contributed by atoms with E-state index in [-0.39, 0.29) is 12.5 Å². The van der Waals surface area contributed by atoms with Gasteiger partial charge in [-0.2, -0.15) is 0 Å². The van der Waals surface area contributed by atoms with Gasteiger partial charge in [-0.3, -0.25) is 14.6 Å². The summed E-state index contributed by atoms with van der Waals surface area (Å²) in [7, 11) is 0. The van der Waals surface area contributed by atoms with Crippen molar-refractivity contribution in [3.8, 4) is 0 Å². The molecule has 2 heterocycles. The van der Waals surface area contributed by atoms with Crippen LogP contribution in [-0.4, -0.2) is 40.0 Å². The highest BCUT2D eigenvalue weighted by Crippen LogP contribution is 2.31. The summed E-state index contributed by atoms with van der Waals surface area (Å²) >= 11 is 0. The molecule has 0 saturated carbocycles. The Morgan fingerprint density at radius 1 is 1.33 bits per heavy atom. The van der Waals surface area contributed by atoms with Gasteiger partial charge in [0.05, 0.1) is 5.41 Å². The molecule has 0 bridgehead atoms. The van der Waals surface area contributed by atoms with Crippen molar-refractivity contribution >= 4 is 22.6 Å². The first kappa shape index (κ1) is 13.5. The fraction of sp³-hybridized carbons (Fsp3) is 0.312. The lowest BCUT2D eigenvalue weighted by Crippen LogP contribution is -2.34. The number of likely N-dealkylation sites (tertiary alicyclic amines) is 1. The molecular weight excluding hydrogens is 268 g/mol. The van der Waals surface area contributed by atoms with Crippen LogP contribution in [0.15, 0.2) is 36.7 Å². The Bertz CT molecular complexity index is 723. The molecule has 1 fully saturated rings. The summed E-state index contributed by atoms with van der Waals surface area (Å²) < 4.78 is 0. The number of carboxylic acids is 1. The number of carbonyl (C=O) groups excluding carboxylic acids is 1. The molecule has 1 aromatic heterocycles. The fourth-order valence-corrected chi connectivity index (χ4v) is 2.79. The molecule has 1 saturated heterocycles. The maximum absolute atomic E-state index is 12.7. The number of fused-ring (bicyclic) bond motifs is 1. The number of hydrogen-bond donors (Lipinski definition) is 1. The number of rotatable bonds is 2. The van der Waals surface area contributed by atoms with Gasteiger partial charge >= 0.3 is 5.97 Å². The van der Waals surface area contributed by atoms with Gasteiger partial charge < -0.3 is 10.0 Å². The van der Waals surface area contributed by atoms with Crippen LogP contribution < -0.4 is 0 Å². The summed E-state index contributed by atoms with van der Waals surface area (Å²) in [6.07, 6.45) is 3.86. The van der Waals surface area contributed by atoms with E-state index in [1.54, 1.807) is 30.3 Å². The molecule has 1 unspecified atom stereocenters. The van der Waals surface area contributed by atoms with Crippen molar-refractivity contribution in [2.24, 2.45) is 5.41 Å². The average molecular weight is 284 g/mol. The van der Waals surface area contributed by atoms with E-state index >= 15 is 0 Å². The van der Waals surface area contributed by atoms with E-state index in [0.29, 0.717) is 18.5 Å². The predicted octanol–water partition coefficient (Wildman–Crippen LogP) is 2.17. The summed E-state index contributed by atoms with van der Waals surface area (Å²) in [4.78, 5) is 29.7. The smallest absolute Gasteiger partial charge is 0.311 e. The summed E-state index contributed by atoms with van der Waals surface area (Å²) in [5.41, 5.74) is -0.244. The lowest BCUT2D eigenvalue weighted by molar-refractivity contribution is -0.147. The van der Waals surface area contributed by atoms with Crippen LogP contribution in [0.2, 0.25) is 0 Å². The van der Waals surface area contributed by atoms with Gasteiger partial charge in [-0.1, -0.05) is 12.1 Å². The zero-order chi connectivity index (χ0) is 15.0. The summed E-state index contributed by atoms with van der Waals surface area (Å²) in [5, 5.41) is 11.0. The molecule has 5 nitrogen and oxygen atoms in total. The van der Waals surface area contributed by atoms with Gasteiger partial charge in [0, 0.05) is 36.4 Å². The molecule has 1 aromatic carbocycles. The number of amides is 1. The van der Waals surface area contributed by atoms with Gasteiger partial charge in [-0.15, -0.1) is 0 Å². The average Bonchev–Trinajstić information content (AvgIpc) is 2.90. The highest BCUT2D eigenvalue weighted by atomic mass is 16.4. The molecule has 1 N–H and O–H groups in total. The quantitative estimate of drug-likeness (QED) is 0.917. The molecule has 5 heteroatoms. The van der Waals surface area contributed by atoms with E-state index in [4.69, 9.17) is 0 Å². The number of hydrogen-bond acceptors (Lipinski definition) is 3. The Balaban J connectivity index is 1.94. The van der Waals surface area contributed by atoms with Crippen LogP contribution in [0.25, 0.3) is 10.8 Å². The van der Waals surface area contributed by atoms with E-state index in [2.05, 4.69) is 4.98 Å². The Morgan fingerprint density at radius 3 is 2.86 bits per heavy atom. The number of pyridine rings is 1. The SMILES string of the molecule is CC1(C(=O)O)CCN(C(=O)c2cccc3cnccc23)C1. The van der Waals surface area contributed by atoms with Crippen molar-refractivity contribution in [2.75, 3.05) is 13.1 Å². The molecule has 21 heavy (non-hydrogen) atoms. The van der Waals surface area contributed by atoms with Crippen molar-refractivity contribution in [3.63, 3.8) is 0 Å². The van der Waals surface area contributed by atoms with Crippen molar-refractivity contribution in [3.05, 3.63) is 42.2 Å². The third-order valence-corrected chi connectivity index (χ3v) is 4.19. The second kappa shape index (κ2) is 4.84. The zero-order valence-electron chi connectivity index (χ0n) is 11.7. The van der Waals surface area contributed by atoms with Crippen LogP contribution in [0.4, 0.5) is 0 Å². The lowest BCUT2D eigenvalue weighted by atomic mass is 9.90. The summed E-state index contributed by atoms with van der Waals surface area (Å²) in [6, 6.07) is 7.32. The van der Waals surface area contributed by atoms with Gasteiger partial charge in [0.25, 0.3) is 5.91 Å². The van der Waals surface area contributed by atoms with Gasteiger partial charge in [-0.25, -0.2) is 0 Å². The maximum atomic E-state index is 12.7. The minimum absolute atomic E-state index is 0.114. The van der Waals surface area contributed by atoms with E-state index in [9.17, 15) is 14.7 Å². The molecule has 2 aromatic rings. The molecule has 108 valence electrons. The van der Waals surface area contributed by atoms with Crippen molar-refractivity contribution in [1.82, 2.24) is 9.88 Å². The molecule has 0 spiro atoms. The van der Waals surface area contributed by atoms with Crippen LogP contribution in [0, 0.1) is 5.41 Å². The Kier molecular flexibility index (Phi) is 3.12. The lowest BCUT2D eigenvalue weighted by Gasteiger charge is -2.20. The molecule has 1 aliphatic heterocycles. The Hall–Kier alpha value is -2.43. The third-order valence-electron chi connectivity index (χ3n) is 4.19.